The highest BCUT2D eigenvalue weighted by Crippen LogP contribution is 2.06. The van der Waals surface area contributed by atoms with Gasteiger partial charge in [0, 0.05) is 17.6 Å². The highest BCUT2D eigenvalue weighted by atomic mass is 79.9. The second-order valence-corrected chi connectivity index (χ2v) is 4.06. The number of halogens is 1. The first-order valence-corrected chi connectivity index (χ1v) is 5.14. The lowest BCUT2D eigenvalue weighted by Crippen LogP contribution is -2.24. The minimum Gasteiger partial charge on any atom is -0.396 e. The fraction of sp³-hybridized carbons (Fsp3) is 0.778. The van der Waals surface area contributed by atoms with E-state index < -0.39 is 0 Å². The van der Waals surface area contributed by atoms with Crippen molar-refractivity contribution in [3.05, 3.63) is 11.1 Å². The maximum absolute atomic E-state index is 8.72. The number of aliphatic hydroxyl groups is 1. The van der Waals surface area contributed by atoms with E-state index in [-0.39, 0.29) is 6.61 Å². The molecule has 0 heterocycles. The zero-order valence-corrected chi connectivity index (χ0v) is 9.23. The highest BCUT2D eigenvalue weighted by molar-refractivity contribution is 9.11. The fourth-order valence-electron chi connectivity index (χ4n) is 1.05. The first-order valence-electron chi connectivity index (χ1n) is 4.35. The second-order valence-electron chi connectivity index (χ2n) is 2.93. The Morgan fingerprint density at radius 3 is 2.75 bits per heavy atom. The van der Waals surface area contributed by atoms with Crippen LogP contribution in [0.25, 0.3) is 0 Å². The molecule has 2 N–H and O–H groups in total. The van der Waals surface area contributed by atoms with Crippen LogP contribution < -0.4 is 5.32 Å². The van der Waals surface area contributed by atoms with E-state index in [4.69, 9.17) is 5.11 Å². The van der Waals surface area contributed by atoms with Gasteiger partial charge in [-0.05, 0) is 18.9 Å². The summed E-state index contributed by atoms with van der Waals surface area (Å²) in [6, 6.07) is 0. The van der Waals surface area contributed by atoms with Crippen LogP contribution in [0.2, 0.25) is 0 Å². The van der Waals surface area contributed by atoms with Crippen molar-refractivity contribution in [3.63, 3.8) is 0 Å². The Morgan fingerprint density at radius 1 is 1.67 bits per heavy atom. The van der Waals surface area contributed by atoms with E-state index in [0.717, 1.165) is 30.4 Å². The Morgan fingerprint density at radius 2 is 2.33 bits per heavy atom. The van der Waals surface area contributed by atoms with E-state index in [2.05, 4.69) is 34.7 Å². The molecule has 12 heavy (non-hydrogen) atoms. The molecule has 1 atom stereocenters. The molecular formula is C9H18BrNO. The van der Waals surface area contributed by atoms with E-state index in [1.54, 1.807) is 0 Å². The van der Waals surface area contributed by atoms with Gasteiger partial charge in [-0.25, -0.2) is 0 Å². The number of hydrogen-bond acceptors (Lipinski definition) is 2. The SMILES string of the molecule is C=C(Br)CNCC(CC)CCO. The summed E-state index contributed by atoms with van der Waals surface area (Å²) < 4.78 is 0.973. The molecule has 2 nitrogen and oxygen atoms in total. The molecule has 0 aromatic rings. The van der Waals surface area contributed by atoms with Gasteiger partial charge in [-0.15, -0.1) is 0 Å². The first kappa shape index (κ1) is 12.1. The molecular weight excluding hydrogens is 218 g/mol. The largest absolute Gasteiger partial charge is 0.396 e. The summed E-state index contributed by atoms with van der Waals surface area (Å²) in [5, 5.41) is 12.0. The van der Waals surface area contributed by atoms with Crippen LogP contribution in [0.1, 0.15) is 19.8 Å². The van der Waals surface area contributed by atoms with Crippen LogP contribution in [0.3, 0.4) is 0 Å². The molecule has 0 aliphatic carbocycles. The van der Waals surface area contributed by atoms with Crippen LogP contribution in [0.4, 0.5) is 0 Å². The van der Waals surface area contributed by atoms with Crippen LogP contribution in [-0.4, -0.2) is 24.8 Å². The third kappa shape index (κ3) is 6.83. The van der Waals surface area contributed by atoms with Gasteiger partial charge >= 0.3 is 0 Å². The van der Waals surface area contributed by atoms with Crippen LogP contribution in [0.15, 0.2) is 11.1 Å². The lowest BCUT2D eigenvalue weighted by molar-refractivity contribution is 0.252. The highest BCUT2D eigenvalue weighted by Gasteiger charge is 2.03. The predicted octanol–water partition coefficient (Wildman–Crippen LogP) is 1.89. The molecule has 0 fully saturated rings. The Bertz CT molecular complexity index is 128. The van der Waals surface area contributed by atoms with Gasteiger partial charge in [-0.2, -0.15) is 0 Å². The molecule has 0 aromatic heterocycles. The molecule has 0 radical (unpaired) electrons. The molecule has 0 amide bonds. The van der Waals surface area contributed by atoms with Crippen LogP contribution >= 0.6 is 15.9 Å². The third-order valence-corrected chi connectivity index (χ3v) is 2.14. The van der Waals surface area contributed by atoms with Gasteiger partial charge in [0.15, 0.2) is 0 Å². The molecule has 0 aliphatic rings. The minimum atomic E-state index is 0.287. The normalized spacial score (nSPS) is 12.9. The van der Waals surface area contributed by atoms with Gasteiger partial charge in [-0.3, -0.25) is 0 Å². The molecule has 0 rings (SSSR count). The Labute approximate surface area is 83.2 Å². The van der Waals surface area contributed by atoms with E-state index in [1.165, 1.54) is 0 Å². The van der Waals surface area contributed by atoms with Crippen molar-refractivity contribution in [2.75, 3.05) is 19.7 Å². The van der Waals surface area contributed by atoms with Gasteiger partial charge in [0.2, 0.25) is 0 Å². The van der Waals surface area contributed by atoms with Crippen LogP contribution in [0.5, 0.6) is 0 Å². The molecule has 0 aromatic carbocycles. The molecule has 72 valence electrons. The van der Waals surface area contributed by atoms with Gasteiger partial charge in [0.1, 0.15) is 0 Å². The molecule has 0 spiro atoms. The summed E-state index contributed by atoms with van der Waals surface area (Å²) in [5.41, 5.74) is 0. The monoisotopic (exact) mass is 235 g/mol. The number of aliphatic hydroxyl groups excluding tert-OH is 1. The van der Waals surface area contributed by atoms with E-state index in [0.29, 0.717) is 5.92 Å². The molecule has 3 heteroatoms. The van der Waals surface area contributed by atoms with Crippen molar-refractivity contribution in [1.29, 1.82) is 0 Å². The van der Waals surface area contributed by atoms with E-state index in [1.807, 2.05) is 0 Å². The van der Waals surface area contributed by atoms with Gasteiger partial charge in [0.25, 0.3) is 0 Å². The average Bonchev–Trinajstić information content (AvgIpc) is 2.02. The van der Waals surface area contributed by atoms with Gasteiger partial charge in [-0.1, -0.05) is 35.9 Å². The average molecular weight is 236 g/mol. The minimum absolute atomic E-state index is 0.287. The summed E-state index contributed by atoms with van der Waals surface area (Å²) in [6.07, 6.45) is 2.00. The maximum Gasteiger partial charge on any atom is 0.0434 e. The molecule has 1 unspecified atom stereocenters. The van der Waals surface area contributed by atoms with Crippen molar-refractivity contribution < 1.29 is 5.11 Å². The van der Waals surface area contributed by atoms with Crippen molar-refractivity contribution in [3.8, 4) is 0 Å². The summed E-state index contributed by atoms with van der Waals surface area (Å²) >= 11 is 3.28. The summed E-state index contributed by atoms with van der Waals surface area (Å²) in [5.74, 6) is 0.585. The molecule has 0 saturated carbocycles. The first-order chi connectivity index (χ1) is 5.70. The third-order valence-electron chi connectivity index (χ3n) is 1.86. The smallest absolute Gasteiger partial charge is 0.0434 e. The van der Waals surface area contributed by atoms with Crippen molar-refractivity contribution >= 4 is 15.9 Å². The molecule has 0 aliphatic heterocycles. The topological polar surface area (TPSA) is 32.3 Å². The lowest BCUT2D eigenvalue weighted by Gasteiger charge is -2.13. The van der Waals surface area contributed by atoms with Crippen LogP contribution in [0, 0.1) is 5.92 Å². The number of nitrogens with one attached hydrogen (secondary N) is 1. The van der Waals surface area contributed by atoms with E-state index >= 15 is 0 Å². The molecule has 0 saturated heterocycles. The summed E-state index contributed by atoms with van der Waals surface area (Å²) in [6.45, 7) is 7.93. The Hall–Kier alpha value is 0.140. The van der Waals surface area contributed by atoms with Crippen molar-refractivity contribution in [2.45, 2.75) is 19.8 Å². The quantitative estimate of drug-likeness (QED) is 0.707. The second kappa shape index (κ2) is 7.77. The standard InChI is InChI=1S/C9H18BrNO/c1-3-9(4-5-12)7-11-6-8(2)10/h9,11-12H,2-7H2,1H3. The Balaban J connectivity index is 3.37. The predicted molar refractivity (Wildman–Crippen MR) is 56.4 cm³/mol. The number of rotatable bonds is 7. The molecule has 0 bridgehead atoms. The van der Waals surface area contributed by atoms with Crippen LogP contribution in [-0.2, 0) is 0 Å². The van der Waals surface area contributed by atoms with Crippen molar-refractivity contribution in [2.24, 2.45) is 5.92 Å². The maximum atomic E-state index is 8.72. The lowest BCUT2D eigenvalue weighted by atomic mass is 10.0. The van der Waals surface area contributed by atoms with Crippen molar-refractivity contribution in [1.82, 2.24) is 5.32 Å². The van der Waals surface area contributed by atoms with Gasteiger partial charge < -0.3 is 10.4 Å². The van der Waals surface area contributed by atoms with Gasteiger partial charge in [0.05, 0.1) is 0 Å². The fourth-order valence-corrected chi connectivity index (χ4v) is 1.24. The zero-order chi connectivity index (χ0) is 9.40. The summed E-state index contributed by atoms with van der Waals surface area (Å²) in [4.78, 5) is 0. The summed E-state index contributed by atoms with van der Waals surface area (Å²) in [7, 11) is 0. The number of hydrogen-bond donors (Lipinski definition) is 2. The Kier molecular flexibility index (Phi) is 7.86. The zero-order valence-electron chi connectivity index (χ0n) is 7.65. The van der Waals surface area contributed by atoms with E-state index in [9.17, 15) is 0 Å².